The number of ether oxygens (including phenoxy) is 1. The summed E-state index contributed by atoms with van der Waals surface area (Å²) in [5.41, 5.74) is 4.57. The highest BCUT2D eigenvalue weighted by molar-refractivity contribution is 6.09. The van der Waals surface area contributed by atoms with E-state index in [2.05, 4.69) is 15.3 Å². The number of para-hydroxylation sites is 4. The van der Waals surface area contributed by atoms with Crippen molar-refractivity contribution >= 4 is 34.5 Å². The summed E-state index contributed by atoms with van der Waals surface area (Å²) in [6, 6.07) is 22.5. The smallest absolute Gasteiger partial charge is 0.450 e. The molecule has 1 N–H and O–H groups in total. The molecule has 0 radical (unpaired) electrons. The molecule has 0 unspecified atom stereocenters. The van der Waals surface area contributed by atoms with Crippen molar-refractivity contribution < 1.29 is 17.9 Å². The highest BCUT2D eigenvalue weighted by Gasteiger charge is 2.43. The number of aliphatic imine (C=N–C) groups is 1. The average Bonchev–Trinajstić information content (AvgIpc) is 2.87. The van der Waals surface area contributed by atoms with Gasteiger partial charge >= 0.3 is 6.18 Å². The lowest BCUT2D eigenvalue weighted by Gasteiger charge is -2.30. The van der Waals surface area contributed by atoms with Crippen molar-refractivity contribution in [3.63, 3.8) is 0 Å². The van der Waals surface area contributed by atoms with Crippen molar-refractivity contribution in [1.82, 2.24) is 4.98 Å². The number of nitrogens with zero attached hydrogens (tertiary/aromatic N) is 3. The minimum Gasteiger partial charge on any atom is -0.494 e. The molecule has 0 bridgehead atoms. The number of aryl methyl sites for hydroxylation is 4. The van der Waals surface area contributed by atoms with E-state index < -0.39 is 12.0 Å². The highest BCUT2D eigenvalue weighted by Crippen LogP contribution is 2.38. The molecule has 38 heavy (non-hydrogen) atoms. The Kier molecular flexibility index (Phi) is 7.71. The fraction of sp³-hybridized carbons (Fsp3) is 0.200. The molecule has 0 aliphatic heterocycles. The minimum atomic E-state index is -4.81. The molecule has 1 heterocycles. The number of hydrogen-bond acceptors (Lipinski definition) is 4. The van der Waals surface area contributed by atoms with Gasteiger partial charge in [0.05, 0.1) is 12.8 Å². The minimum absolute atomic E-state index is 0.0587. The Morgan fingerprint density at radius 1 is 0.789 bits per heavy atom. The maximum atomic E-state index is 14.8. The molecule has 0 atom stereocenters. The molecular weight excluding hydrogens is 489 g/mol. The molecule has 0 fully saturated rings. The van der Waals surface area contributed by atoms with Crippen molar-refractivity contribution in [2.75, 3.05) is 17.3 Å². The zero-order valence-electron chi connectivity index (χ0n) is 21.9. The van der Waals surface area contributed by atoms with Crippen LogP contribution in [-0.4, -0.2) is 24.1 Å². The topological polar surface area (TPSA) is 49.8 Å². The van der Waals surface area contributed by atoms with E-state index in [1.54, 1.807) is 62.4 Å². The lowest BCUT2D eigenvalue weighted by molar-refractivity contribution is -0.0597. The van der Waals surface area contributed by atoms with Crippen molar-refractivity contribution in [3.8, 4) is 5.75 Å². The third-order valence-electron chi connectivity index (χ3n) is 6.14. The van der Waals surface area contributed by atoms with Crippen LogP contribution in [0.5, 0.6) is 5.75 Å². The van der Waals surface area contributed by atoms with Gasteiger partial charge in [-0.25, -0.2) is 9.98 Å². The monoisotopic (exact) mass is 518 g/mol. The van der Waals surface area contributed by atoms with E-state index >= 15 is 0 Å². The molecular formula is C30H29F3N4O. The molecule has 0 aliphatic carbocycles. The lowest BCUT2D eigenvalue weighted by atomic mass is 10.1. The van der Waals surface area contributed by atoms with Crippen LogP contribution in [0.3, 0.4) is 0 Å². The molecule has 0 amide bonds. The van der Waals surface area contributed by atoms with Crippen LogP contribution >= 0.6 is 0 Å². The number of amidine groups is 1. The Labute approximate surface area is 220 Å². The third kappa shape index (κ3) is 5.64. The summed E-state index contributed by atoms with van der Waals surface area (Å²) in [6.45, 7) is 7.46. The van der Waals surface area contributed by atoms with E-state index in [-0.39, 0.29) is 17.3 Å². The van der Waals surface area contributed by atoms with Gasteiger partial charge in [0.15, 0.2) is 0 Å². The number of nitrogens with one attached hydrogen (secondary N) is 1. The molecule has 0 aliphatic rings. The summed E-state index contributed by atoms with van der Waals surface area (Å²) in [5, 5.41) is 3.28. The van der Waals surface area contributed by atoms with E-state index in [1.165, 1.54) is 13.2 Å². The van der Waals surface area contributed by atoms with Crippen LogP contribution in [0.4, 0.5) is 41.9 Å². The number of hydrogen-bond donors (Lipinski definition) is 1. The van der Waals surface area contributed by atoms with Crippen molar-refractivity contribution in [3.05, 3.63) is 101 Å². The Balaban J connectivity index is 1.95. The fourth-order valence-corrected chi connectivity index (χ4v) is 4.32. The quantitative estimate of drug-likeness (QED) is 0.205. The van der Waals surface area contributed by atoms with Gasteiger partial charge in [-0.1, -0.05) is 54.6 Å². The van der Waals surface area contributed by atoms with Crippen LogP contribution in [0, 0.1) is 27.7 Å². The van der Waals surface area contributed by atoms with Crippen LogP contribution in [0.2, 0.25) is 0 Å². The molecule has 4 rings (SSSR count). The normalized spacial score (nSPS) is 11.8. The van der Waals surface area contributed by atoms with Gasteiger partial charge < -0.3 is 10.1 Å². The van der Waals surface area contributed by atoms with Gasteiger partial charge in [0.2, 0.25) is 5.84 Å². The van der Waals surface area contributed by atoms with Gasteiger partial charge in [-0.15, -0.1) is 0 Å². The van der Waals surface area contributed by atoms with Gasteiger partial charge in [-0.2, -0.15) is 13.2 Å². The van der Waals surface area contributed by atoms with E-state index in [0.29, 0.717) is 22.6 Å². The Morgan fingerprint density at radius 3 is 1.97 bits per heavy atom. The first-order chi connectivity index (χ1) is 18.1. The largest absolute Gasteiger partial charge is 0.494 e. The van der Waals surface area contributed by atoms with E-state index in [4.69, 9.17) is 4.74 Å². The predicted molar refractivity (Wildman–Crippen MR) is 148 cm³/mol. The molecule has 8 heteroatoms. The second-order valence-corrected chi connectivity index (χ2v) is 8.95. The maximum absolute atomic E-state index is 14.8. The number of pyridine rings is 1. The number of alkyl halides is 3. The lowest BCUT2D eigenvalue weighted by Crippen LogP contribution is -2.39. The van der Waals surface area contributed by atoms with Crippen LogP contribution in [-0.2, 0) is 0 Å². The number of anilines is 4. The third-order valence-corrected chi connectivity index (χ3v) is 6.14. The van der Waals surface area contributed by atoms with Crippen LogP contribution in [0.1, 0.15) is 22.3 Å². The van der Waals surface area contributed by atoms with Crippen LogP contribution < -0.4 is 15.0 Å². The van der Waals surface area contributed by atoms with Gasteiger partial charge in [0.25, 0.3) is 0 Å². The fourth-order valence-electron chi connectivity index (χ4n) is 4.32. The van der Waals surface area contributed by atoms with Crippen LogP contribution in [0.15, 0.2) is 83.9 Å². The Morgan fingerprint density at radius 2 is 1.37 bits per heavy atom. The van der Waals surface area contributed by atoms with E-state index in [1.807, 2.05) is 38.1 Å². The zero-order valence-corrected chi connectivity index (χ0v) is 21.9. The van der Waals surface area contributed by atoms with Crippen LogP contribution in [0.25, 0.3) is 0 Å². The number of aromatic nitrogens is 1. The second kappa shape index (κ2) is 11.0. The van der Waals surface area contributed by atoms with Crippen molar-refractivity contribution in [2.24, 2.45) is 4.99 Å². The van der Waals surface area contributed by atoms with Crippen molar-refractivity contribution in [2.45, 2.75) is 33.9 Å². The molecule has 0 saturated carbocycles. The number of rotatable bonds is 6. The highest BCUT2D eigenvalue weighted by atomic mass is 19.4. The summed E-state index contributed by atoms with van der Waals surface area (Å²) >= 11 is 0. The molecule has 0 saturated heterocycles. The molecule has 5 nitrogen and oxygen atoms in total. The van der Waals surface area contributed by atoms with Gasteiger partial charge in [-0.05, 0) is 74.2 Å². The van der Waals surface area contributed by atoms with Gasteiger partial charge in [-0.3, -0.25) is 4.90 Å². The Hall–Kier alpha value is -4.33. The molecule has 0 spiro atoms. The van der Waals surface area contributed by atoms with Crippen molar-refractivity contribution in [1.29, 1.82) is 0 Å². The van der Waals surface area contributed by atoms with Gasteiger partial charge in [0.1, 0.15) is 23.1 Å². The number of methoxy groups -OCH3 is 1. The summed E-state index contributed by atoms with van der Waals surface area (Å²) in [7, 11) is 1.40. The predicted octanol–water partition coefficient (Wildman–Crippen LogP) is 8.50. The summed E-state index contributed by atoms with van der Waals surface area (Å²) < 4.78 is 49.8. The Bertz CT molecular complexity index is 1440. The molecule has 1 aromatic heterocycles. The first-order valence-corrected chi connectivity index (χ1v) is 12.1. The molecule has 196 valence electrons. The number of benzene rings is 3. The SMILES string of the molecule is COc1ccccc1N=C(N(c1cccc(Nc2c(C)cccc2C)n1)c1c(C)cccc1C)C(F)(F)F. The second-order valence-electron chi connectivity index (χ2n) is 8.95. The standard InChI is InChI=1S/C30H29F3N4O/c1-19-11-8-12-20(2)27(19)36-25-17-10-18-26(35-25)37(28-21(3)13-9-14-22(28)4)29(30(31,32)33)34-23-15-6-7-16-24(23)38-5/h6-18H,1-5H3,(H,35,36). The van der Waals surface area contributed by atoms with Gasteiger partial charge in [0, 0.05) is 5.69 Å². The molecule has 3 aromatic carbocycles. The summed E-state index contributed by atoms with van der Waals surface area (Å²) in [5.74, 6) is -0.412. The zero-order chi connectivity index (χ0) is 27.4. The summed E-state index contributed by atoms with van der Waals surface area (Å²) in [4.78, 5) is 9.82. The average molecular weight is 519 g/mol. The van der Waals surface area contributed by atoms with E-state index in [9.17, 15) is 13.2 Å². The first kappa shape index (κ1) is 26.7. The first-order valence-electron chi connectivity index (χ1n) is 12.1. The summed E-state index contributed by atoms with van der Waals surface area (Å²) in [6.07, 6.45) is -4.81. The number of halogens is 3. The van der Waals surface area contributed by atoms with E-state index in [0.717, 1.165) is 21.7 Å². The maximum Gasteiger partial charge on any atom is 0.450 e. The molecule has 4 aromatic rings.